The van der Waals surface area contributed by atoms with E-state index in [1.165, 1.54) is 44.9 Å². The lowest BCUT2D eigenvalue weighted by atomic mass is 10.0. The fraction of sp³-hybridized carbons (Fsp3) is 0.882. The smallest absolute Gasteiger partial charge is 0.0827 e. The summed E-state index contributed by atoms with van der Waals surface area (Å²) in [6.07, 6.45) is 12.4. The molecule has 0 saturated carbocycles. The molecule has 0 unspecified atom stereocenters. The van der Waals surface area contributed by atoms with Gasteiger partial charge in [-0.3, -0.25) is 4.68 Å². The highest BCUT2D eigenvalue weighted by Gasteiger charge is 2.02. The Morgan fingerprint density at radius 2 is 1.55 bits per heavy atom. The maximum absolute atomic E-state index is 4.26. The van der Waals surface area contributed by atoms with Gasteiger partial charge < -0.3 is 0 Å². The fourth-order valence-electron chi connectivity index (χ4n) is 2.43. The van der Waals surface area contributed by atoms with Crippen molar-refractivity contribution in [3.05, 3.63) is 11.9 Å². The van der Waals surface area contributed by atoms with E-state index in [-0.39, 0.29) is 0 Å². The van der Waals surface area contributed by atoms with E-state index in [1.807, 2.05) is 4.68 Å². The van der Waals surface area contributed by atoms with E-state index >= 15 is 0 Å². The van der Waals surface area contributed by atoms with E-state index in [0.717, 1.165) is 30.5 Å². The summed E-state index contributed by atoms with van der Waals surface area (Å²) in [5.41, 5.74) is 1.16. The van der Waals surface area contributed by atoms with Crippen LogP contribution in [0.5, 0.6) is 0 Å². The lowest BCUT2D eigenvalue weighted by Gasteiger charge is -2.04. The topological polar surface area (TPSA) is 30.7 Å². The van der Waals surface area contributed by atoms with Crippen LogP contribution in [0.25, 0.3) is 0 Å². The van der Waals surface area contributed by atoms with Crippen molar-refractivity contribution in [3.63, 3.8) is 0 Å². The Labute approximate surface area is 125 Å². The summed E-state index contributed by atoms with van der Waals surface area (Å²) in [4.78, 5) is 0. The molecule has 3 nitrogen and oxygen atoms in total. The molecule has 116 valence electrons. The van der Waals surface area contributed by atoms with Crippen molar-refractivity contribution in [1.82, 2.24) is 15.0 Å². The predicted molar refractivity (Wildman–Crippen MR) is 85.7 cm³/mol. The van der Waals surface area contributed by atoms with Gasteiger partial charge >= 0.3 is 0 Å². The van der Waals surface area contributed by atoms with E-state index in [0.29, 0.717) is 0 Å². The van der Waals surface area contributed by atoms with Gasteiger partial charge in [-0.05, 0) is 31.1 Å². The summed E-state index contributed by atoms with van der Waals surface area (Å²) in [5.74, 6) is 1.63. The third kappa shape index (κ3) is 8.34. The number of unbranched alkanes of at least 4 members (excludes halogenated alkanes) is 3. The number of nitrogens with zero attached hydrogens (tertiary/aromatic N) is 3. The van der Waals surface area contributed by atoms with Gasteiger partial charge in [0.2, 0.25) is 0 Å². The summed E-state index contributed by atoms with van der Waals surface area (Å²) in [6.45, 7) is 10.2. The van der Waals surface area contributed by atoms with Crippen molar-refractivity contribution in [3.8, 4) is 0 Å². The van der Waals surface area contributed by atoms with Crippen LogP contribution in [0.1, 0.15) is 78.3 Å². The SMILES string of the molecule is CC(C)CCCCCCn1cc(CCCC(C)C)nn1. The minimum atomic E-state index is 0.788. The number of aromatic nitrogens is 3. The molecule has 0 bridgehead atoms. The van der Waals surface area contributed by atoms with Crippen molar-refractivity contribution in [1.29, 1.82) is 0 Å². The Morgan fingerprint density at radius 1 is 0.900 bits per heavy atom. The molecule has 0 aliphatic carbocycles. The molecular formula is C17H33N3. The second kappa shape index (κ2) is 9.95. The fourth-order valence-corrected chi connectivity index (χ4v) is 2.43. The average molecular weight is 279 g/mol. The molecule has 0 spiro atoms. The third-order valence-corrected chi connectivity index (χ3v) is 3.72. The highest BCUT2D eigenvalue weighted by atomic mass is 15.4. The van der Waals surface area contributed by atoms with Crippen LogP contribution in [-0.2, 0) is 13.0 Å². The zero-order valence-electron chi connectivity index (χ0n) is 13.9. The second-order valence-corrected chi connectivity index (χ2v) is 6.86. The van der Waals surface area contributed by atoms with Gasteiger partial charge in [0, 0.05) is 12.7 Å². The molecule has 0 N–H and O–H groups in total. The molecule has 0 radical (unpaired) electrons. The van der Waals surface area contributed by atoms with Gasteiger partial charge in [0.05, 0.1) is 5.69 Å². The quantitative estimate of drug-likeness (QED) is 0.541. The van der Waals surface area contributed by atoms with Crippen LogP contribution in [0.15, 0.2) is 6.20 Å². The van der Waals surface area contributed by atoms with Gasteiger partial charge in [0.15, 0.2) is 0 Å². The molecule has 0 atom stereocenters. The summed E-state index contributed by atoms with van der Waals surface area (Å²) in [5, 5.41) is 8.49. The molecule has 0 aliphatic heterocycles. The van der Waals surface area contributed by atoms with Crippen molar-refractivity contribution in [2.45, 2.75) is 85.6 Å². The average Bonchev–Trinajstić information content (AvgIpc) is 2.81. The Bertz CT molecular complexity index is 342. The molecule has 1 aromatic heterocycles. The largest absolute Gasteiger partial charge is 0.252 e. The van der Waals surface area contributed by atoms with E-state index in [1.54, 1.807) is 0 Å². The summed E-state index contributed by atoms with van der Waals surface area (Å²) < 4.78 is 2.02. The van der Waals surface area contributed by atoms with Crippen LogP contribution in [0.4, 0.5) is 0 Å². The maximum atomic E-state index is 4.26. The first-order valence-corrected chi connectivity index (χ1v) is 8.47. The molecule has 0 fully saturated rings. The monoisotopic (exact) mass is 279 g/mol. The number of rotatable bonds is 11. The number of hydrogen-bond donors (Lipinski definition) is 0. The normalized spacial score (nSPS) is 11.7. The molecule has 3 heteroatoms. The predicted octanol–water partition coefficient (Wildman–Crippen LogP) is 4.86. The van der Waals surface area contributed by atoms with Gasteiger partial charge in [-0.1, -0.05) is 65.0 Å². The molecule has 1 heterocycles. The summed E-state index contributed by atoms with van der Waals surface area (Å²) in [6, 6.07) is 0. The van der Waals surface area contributed by atoms with Crippen LogP contribution in [0.2, 0.25) is 0 Å². The van der Waals surface area contributed by atoms with Gasteiger partial charge in [-0.25, -0.2) is 0 Å². The molecule has 1 aromatic rings. The van der Waals surface area contributed by atoms with E-state index in [2.05, 4.69) is 44.2 Å². The summed E-state index contributed by atoms with van der Waals surface area (Å²) in [7, 11) is 0. The zero-order chi connectivity index (χ0) is 14.8. The van der Waals surface area contributed by atoms with E-state index in [4.69, 9.17) is 0 Å². The third-order valence-electron chi connectivity index (χ3n) is 3.72. The highest BCUT2D eigenvalue weighted by Crippen LogP contribution is 2.11. The van der Waals surface area contributed by atoms with Crippen LogP contribution in [-0.4, -0.2) is 15.0 Å². The Balaban J connectivity index is 2.08. The van der Waals surface area contributed by atoms with Crippen molar-refractivity contribution in [2.75, 3.05) is 0 Å². The molecule has 0 amide bonds. The van der Waals surface area contributed by atoms with Gasteiger partial charge in [-0.15, -0.1) is 5.10 Å². The molecular weight excluding hydrogens is 246 g/mol. The Kier molecular flexibility index (Phi) is 8.56. The molecule has 0 saturated heterocycles. The highest BCUT2D eigenvalue weighted by molar-refractivity contribution is 4.92. The van der Waals surface area contributed by atoms with Crippen molar-refractivity contribution < 1.29 is 0 Å². The van der Waals surface area contributed by atoms with E-state index < -0.39 is 0 Å². The van der Waals surface area contributed by atoms with Crippen LogP contribution >= 0.6 is 0 Å². The number of aryl methyl sites for hydroxylation is 2. The zero-order valence-corrected chi connectivity index (χ0v) is 13.9. The Hall–Kier alpha value is -0.860. The molecule has 0 aromatic carbocycles. The van der Waals surface area contributed by atoms with Gasteiger partial charge in [0.25, 0.3) is 0 Å². The Morgan fingerprint density at radius 3 is 2.25 bits per heavy atom. The van der Waals surface area contributed by atoms with Crippen molar-refractivity contribution >= 4 is 0 Å². The van der Waals surface area contributed by atoms with Crippen LogP contribution < -0.4 is 0 Å². The minimum absolute atomic E-state index is 0.788. The number of hydrogen-bond acceptors (Lipinski definition) is 2. The first-order valence-electron chi connectivity index (χ1n) is 8.47. The molecule has 1 rings (SSSR count). The van der Waals surface area contributed by atoms with E-state index in [9.17, 15) is 0 Å². The minimum Gasteiger partial charge on any atom is -0.252 e. The maximum Gasteiger partial charge on any atom is 0.0827 e. The lowest BCUT2D eigenvalue weighted by Crippen LogP contribution is -1.99. The van der Waals surface area contributed by atoms with Gasteiger partial charge in [-0.2, -0.15) is 0 Å². The standard InChI is InChI=1S/C17H33N3/c1-15(2)10-7-5-6-8-13-20-14-17(18-19-20)12-9-11-16(3)4/h14-16H,5-13H2,1-4H3. The first-order chi connectivity index (χ1) is 9.58. The van der Waals surface area contributed by atoms with Crippen LogP contribution in [0.3, 0.4) is 0 Å². The molecule has 0 aliphatic rings. The summed E-state index contributed by atoms with van der Waals surface area (Å²) >= 11 is 0. The molecule has 20 heavy (non-hydrogen) atoms. The lowest BCUT2D eigenvalue weighted by molar-refractivity contribution is 0.489. The van der Waals surface area contributed by atoms with Crippen LogP contribution in [0, 0.1) is 11.8 Å². The van der Waals surface area contributed by atoms with Crippen molar-refractivity contribution in [2.24, 2.45) is 11.8 Å². The first kappa shape index (κ1) is 17.2. The second-order valence-electron chi connectivity index (χ2n) is 6.86. The van der Waals surface area contributed by atoms with Gasteiger partial charge in [0.1, 0.15) is 0 Å².